The average Bonchev–Trinajstić information content (AvgIpc) is 2.69. The number of esters is 1. The Morgan fingerprint density at radius 3 is 2.26 bits per heavy atom. The third-order valence-electron chi connectivity index (χ3n) is 3.62. The summed E-state index contributed by atoms with van der Waals surface area (Å²) >= 11 is 0. The Morgan fingerprint density at radius 2 is 1.65 bits per heavy atom. The van der Waals surface area contributed by atoms with E-state index in [0.717, 1.165) is 5.56 Å². The molecule has 10 nitrogen and oxygen atoms in total. The van der Waals surface area contributed by atoms with Gasteiger partial charge in [0.1, 0.15) is 25.3 Å². The number of hydrogen-bond acceptors (Lipinski definition) is 7. The van der Waals surface area contributed by atoms with Crippen molar-refractivity contribution in [1.82, 2.24) is 15.5 Å². The van der Waals surface area contributed by atoms with Gasteiger partial charge >= 0.3 is 18.2 Å². The molecule has 0 radical (unpaired) electrons. The van der Waals surface area contributed by atoms with Gasteiger partial charge < -0.3 is 29.7 Å². The van der Waals surface area contributed by atoms with Crippen molar-refractivity contribution in [2.45, 2.75) is 39.9 Å². The van der Waals surface area contributed by atoms with Crippen LogP contribution >= 0.6 is 0 Å². The summed E-state index contributed by atoms with van der Waals surface area (Å²) in [6.07, 6.45) is -1.40. The van der Waals surface area contributed by atoms with E-state index in [1.165, 1.54) is 4.90 Å². The molecule has 3 amide bonds. The van der Waals surface area contributed by atoms with E-state index in [1.807, 2.05) is 18.2 Å². The summed E-state index contributed by atoms with van der Waals surface area (Å²) < 4.78 is 15.0. The minimum absolute atomic E-state index is 0.0254. The molecule has 0 aliphatic carbocycles. The zero-order valence-electron chi connectivity index (χ0n) is 18.4. The molecule has 1 aromatic carbocycles. The van der Waals surface area contributed by atoms with Crippen molar-refractivity contribution >= 4 is 24.1 Å². The van der Waals surface area contributed by atoms with Crippen molar-refractivity contribution in [1.29, 1.82) is 0 Å². The number of hydrogen-bond donors (Lipinski definition) is 2. The van der Waals surface area contributed by atoms with Crippen molar-refractivity contribution in [3.05, 3.63) is 35.9 Å². The van der Waals surface area contributed by atoms with Gasteiger partial charge in [0.05, 0.1) is 6.61 Å². The molecule has 0 aliphatic heterocycles. The molecule has 0 unspecified atom stereocenters. The first-order chi connectivity index (χ1) is 14.6. The van der Waals surface area contributed by atoms with Crippen LogP contribution in [0, 0.1) is 0 Å². The third-order valence-corrected chi connectivity index (χ3v) is 3.62. The number of nitrogens with zero attached hydrogens (tertiary/aromatic N) is 1. The van der Waals surface area contributed by atoms with Crippen molar-refractivity contribution < 1.29 is 33.4 Å². The number of alkyl carbamates (subject to hydrolysis) is 2. The second-order valence-electron chi connectivity index (χ2n) is 7.46. The second-order valence-corrected chi connectivity index (χ2v) is 7.46. The fourth-order valence-corrected chi connectivity index (χ4v) is 2.30. The Labute approximate surface area is 182 Å². The van der Waals surface area contributed by atoms with E-state index in [1.54, 1.807) is 39.8 Å². The summed E-state index contributed by atoms with van der Waals surface area (Å²) in [6, 6.07) is 9.09. The summed E-state index contributed by atoms with van der Waals surface area (Å²) in [4.78, 5) is 49.0. The number of rotatable bonds is 10. The summed E-state index contributed by atoms with van der Waals surface area (Å²) in [5, 5.41) is 4.87. The molecule has 1 rings (SSSR count). The maximum Gasteiger partial charge on any atom is 0.407 e. The Bertz CT molecular complexity index is 732. The highest BCUT2D eigenvalue weighted by molar-refractivity contribution is 5.85. The summed E-state index contributed by atoms with van der Waals surface area (Å²) in [5.74, 6) is -1.13. The van der Waals surface area contributed by atoms with Crippen LogP contribution in [0.1, 0.15) is 33.3 Å². The van der Waals surface area contributed by atoms with E-state index < -0.39 is 29.7 Å². The fourth-order valence-electron chi connectivity index (χ4n) is 2.30. The van der Waals surface area contributed by atoms with Gasteiger partial charge in [-0.2, -0.15) is 0 Å². The number of carbonyl (C=O) groups excluding carboxylic acids is 4. The predicted molar refractivity (Wildman–Crippen MR) is 112 cm³/mol. The predicted octanol–water partition coefficient (Wildman–Crippen LogP) is 1.83. The standard InChI is InChI=1S/C21H31N3O7/c1-5-29-18(26)14-24(12-11-22-20(28)31-21(2,3)4)17(25)13-23-19(27)30-15-16-9-7-6-8-10-16/h6-10H,5,11-15H2,1-4H3,(H,22,28)(H,23,27). The van der Waals surface area contributed by atoms with Gasteiger partial charge in [0, 0.05) is 13.1 Å². The number of nitrogens with one attached hydrogen (secondary N) is 2. The van der Waals surface area contributed by atoms with Crippen molar-refractivity contribution in [3.63, 3.8) is 0 Å². The van der Waals surface area contributed by atoms with Crippen molar-refractivity contribution in [2.24, 2.45) is 0 Å². The summed E-state index contributed by atoms with van der Waals surface area (Å²) in [5.41, 5.74) is 0.148. The van der Waals surface area contributed by atoms with Crippen LogP contribution in [0.25, 0.3) is 0 Å². The minimum Gasteiger partial charge on any atom is -0.465 e. The molecule has 0 saturated heterocycles. The van der Waals surface area contributed by atoms with Gasteiger partial charge in [-0.25, -0.2) is 9.59 Å². The zero-order valence-corrected chi connectivity index (χ0v) is 18.4. The molecular formula is C21H31N3O7. The number of benzene rings is 1. The van der Waals surface area contributed by atoms with Crippen LogP contribution in [0.2, 0.25) is 0 Å². The topological polar surface area (TPSA) is 123 Å². The molecule has 0 heterocycles. The largest absolute Gasteiger partial charge is 0.465 e. The molecule has 0 saturated carbocycles. The highest BCUT2D eigenvalue weighted by Gasteiger charge is 2.20. The number of ether oxygens (including phenoxy) is 3. The van der Waals surface area contributed by atoms with Gasteiger partial charge in [0.25, 0.3) is 0 Å². The minimum atomic E-state index is -0.764. The second kappa shape index (κ2) is 13.1. The maximum atomic E-state index is 12.5. The Kier molecular flexibility index (Phi) is 10.9. The van der Waals surface area contributed by atoms with Crippen molar-refractivity contribution in [3.8, 4) is 0 Å². The van der Waals surface area contributed by atoms with Crippen LogP contribution < -0.4 is 10.6 Å². The SMILES string of the molecule is CCOC(=O)CN(CCNC(=O)OC(C)(C)C)C(=O)CNC(=O)OCc1ccccc1. The molecule has 0 aliphatic rings. The Morgan fingerprint density at radius 1 is 0.968 bits per heavy atom. The smallest absolute Gasteiger partial charge is 0.407 e. The maximum absolute atomic E-state index is 12.5. The number of amides is 3. The van der Waals surface area contributed by atoms with E-state index in [-0.39, 0.29) is 39.4 Å². The fraction of sp³-hybridized carbons (Fsp3) is 0.524. The van der Waals surface area contributed by atoms with Crippen LogP contribution in [0.3, 0.4) is 0 Å². The molecule has 172 valence electrons. The molecule has 0 fully saturated rings. The van der Waals surface area contributed by atoms with Gasteiger partial charge in [0.15, 0.2) is 0 Å². The van der Waals surface area contributed by atoms with E-state index >= 15 is 0 Å². The molecule has 0 atom stereocenters. The summed E-state index contributed by atoms with van der Waals surface area (Å²) in [7, 11) is 0. The van der Waals surface area contributed by atoms with E-state index in [9.17, 15) is 19.2 Å². The number of carbonyl (C=O) groups is 4. The quantitative estimate of drug-likeness (QED) is 0.423. The Balaban J connectivity index is 2.51. The van der Waals surface area contributed by atoms with Gasteiger partial charge in [-0.3, -0.25) is 9.59 Å². The first kappa shape index (κ1) is 25.7. The first-order valence-electron chi connectivity index (χ1n) is 9.95. The van der Waals surface area contributed by atoms with Gasteiger partial charge in [-0.15, -0.1) is 0 Å². The molecule has 1 aromatic rings. The van der Waals surface area contributed by atoms with Crippen molar-refractivity contribution in [2.75, 3.05) is 32.8 Å². The van der Waals surface area contributed by atoms with Gasteiger partial charge in [0.2, 0.25) is 5.91 Å². The highest BCUT2D eigenvalue weighted by Crippen LogP contribution is 2.06. The van der Waals surface area contributed by atoms with E-state index in [4.69, 9.17) is 14.2 Å². The average molecular weight is 437 g/mol. The van der Waals surface area contributed by atoms with Crippen LogP contribution in [-0.2, 0) is 30.4 Å². The summed E-state index contributed by atoms with van der Waals surface area (Å²) in [6.45, 7) is 6.45. The van der Waals surface area contributed by atoms with Crippen LogP contribution in [0.4, 0.5) is 9.59 Å². The lowest BCUT2D eigenvalue weighted by atomic mass is 10.2. The molecule has 10 heteroatoms. The van der Waals surface area contributed by atoms with Gasteiger partial charge in [-0.05, 0) is 33.3 Å². The molecule has 0 aromatic heterocycles. The Hall–Kier alpha value is -3.30. The zero-order chi connectivity index (χ0) is 23.3. The lowest BCUT2D eigenvalue weighted by molar-refractivity contribution is -0.148. The normalized spacial score (nSPS) is 10.6. The molecule has 0 spiro atoms. The highest BCUT2D eigenvalue weighted by atomic mass is 16.6. The molecule has 2 N–H and O–H groups in total. The van der Waals surface area contributed by atoms with Crippen LogP contribution in [0.5, 0.6) is 0 Å². The monoisotopic (exact) mass is 437 g/mol. The lowest BCUT2D eigenvalue weighted by Gasteiger charge is -2.23. The molecule has 0 bridgehead atoms. The van der Waals surface area contributed by atoms with Gasteiger partial charge in [-0.1, -0.05) is 30.3 Å². The van der Waals surface area contributed by atoms with Crippen LogP contribution in [-0.4, -0.2) is 67.3 Å². The van der Waals surface area contributed by atoms with E-state index in [0.29, 0.717) is 0 Å². The third kappa shape index (κ3) is 12.1. The van der Waals surface area contributed by atoms with E-state index in [2.05, 4.69) is 10.6 Å². The molecular weight excluding hydrogens is 406 g/mol. The van der Waals surface area contributed by atoms with Crippen LogP contribution in [0.15, 0.2) is 30.3 Å². The molecule has 31 heavy (non-hydrogen) atoms. The first-order valence-corrected chi connectivity index (χ1v) is 9.95. The lowest BCUT2D eigenvalue weighted by Crippen LogP contribution is -2.46.